The maximum Gasteiger partial charge on any atom is 0.143 e. The number of nitriles is 1. The van der Waals surface area contributed by atoms with Gasteiger partial charge in [-0.05, 0) is 40.8 Å². The number of hydrogen-bond donors (Lipinski definition) is 2. The van der Waals surface area contributed by atoms with Gasteiger partial charge in [0, 0.05) is 12.1 Å². The van der Waals surface area contributed by atoms with E-state index in [1.807, 2.05) is 28.7 Å². The van der Waals surface area contributed by atoms with Crippen LogP contribution in [0.2, 0.25) is 0 Å². The van der Waals surface area contributed by atoms with Crippen LogP contribution in [0.1, 0.15) is 5.56 Å². The lowest BCUT2D eigenvalue weighted by atomic mass is 10.2. The van der Waals surface area contributed by atoms with E-state index in [1.165, 1.54) is 13.2 Å². The van der Waals surface area contributed by atoms with Crippen LogP contribution in [0, 0.1) is 20.7 Å². The van der Waals surface area contributed by atoms with Crippen molar-refractivity contribution in [2.75, 3.05) is 18.2 Å². The van der Waals surface area contributed by atoms with Crippen molar-refractivity contribution in [2.45, 2.75) is 0 Å². The molecule has 20 heavy (non-hydrogen) atoms. The SMILES string of the molecule is COc1cc(C#N)ccc1Nc1cc(F)c(I)cc1N. The summed E-state index contributed by atoms with van der Waals surface area (Å²) < 4.78 is 19.2. The summed E-state index contributed by atoms with van der Waals surface area (Å²) in [7, 11) is 1.50. The number of nitrogens with one attached hydrogen (secondary N) is 1. The van der Waals surface area contributed by atoms with Gasteiger partial charge < -0.3 is 15.8 Å². The number of halogens is 2. The lowest BCUT2D eigenvalue weighted by Crippen LogP contribution is -2.00. The van der Waals surface area contributed by atoms with Gasteiger partial charge in [-0.1, -0.05) is 0 Å². The molecule has 0 bridgehead atoms. The van der Waals surface area contributed by atoms with E-state index in [0.29, 0.717) is 31.9 Å². The Labute approximate surface area is 129 Å². The summed E-state index contributed by atoms with van der Waals surface area (Å²) in [5.41, 5.74) is 7.83. The van der Waals surface area contributed by atoms with Crippen molar-refractivity contribution in [1.29, 1.82) is 5.26 Å². The second-order valence-corrected chi connectivity index (χ2v) is 5.17. The molecule has 0 aromatic heterocycles. The van der Waals surface area contributed by atoms with Gasteiger partial charge in [0.15, 0.2) is 0 Å². The highest BCUT2D eigenvalue weighted by atomic mass is 127. The molecule has 0 aliphatic carbocycles. The van der Waals surface area contributed by atoms with Crippen LogP contribution in [0.25, 0.3) is 0 Å². The number of methoxy groups -OCH3 is 1. The van der Waals surface area contributed by atoms with Gasteiger partial charge in [0.05, 0.1) is 39.4 Å². The van der Waals surface area contributed by atoms with Gasteiger partial charge in [0.1, 0.15) is 11.6 Å². The molecule has 0 aliphatic rings. The Bertz CT molecular complexity index is 698. The van der Waals surface area contributed by atoms with Crippen LogP contribution in [0.4, 0.5) is 21.5 Å². The van der Waals surface area contributed by atoms with Crippen LogP contribution < -0.4 is 15.8 Å². The quantitative estimate of drug-likeness (QED) is 0.627. The van der Waals surface area contributed by atoms with Crippen molar-refractivity contribution < 1.29 is 9.13 Å². The van der Waals surface area contributed by atoms with E-state index in [9.17, 15) is 4.39 Å². The monoisotopic (exact) mass is 383 g/mol. The molecule has 0 radical (unpaired) electrons. The predicted molar refractivity (Wildman–Crippen MR) is 84.5 cm³/mol. The van der Waals surface area contributed by atoms with Gasteiger partial charge in [0.25, 0.3) is 0 Å². The highest BCUT2D eigenvalue weighted by Gasteiger charge is 2.09. The molecular weight excluding hydrogens is 372 g/mol. The molecule has 0 saturated carbocycles. The minimum atomic E-state index is -0.352. The first-order valence-electron chi connectivity index (χ1n) is 5.65. The Morgan fingerprint density at radius 3 is 2.70 bits per heavy atom. The molecule has 0 heterocycles. The van der Waals surface area contributed by atoms with Crippen molar-refractivity contribution in [2.24, 2.45) is 0 Å². The summed E-state index contributed by atoms with van der Waals surface area (Å²) >= 11 is 1.88. The summed E-state index contributed by atoms with van der Waals surface area (Å²) in [4.78, 5) is 0. The predicted octanol–water partition coefficient (Wildman–Crippen LogP) is 3.64. The van der Waals surface area contributed by atoms with Gasteiger partial charge in [-0.3, -0.25) is 0 Å². The van der Waals surface area contributed by atoms with E-state index in [4.69, 9.17) is 15.7 Å². The van der Waals surface area contributed by atoms with E-state index >= 15 is 0 Å². The van der Waals surface area contributed by atoms with Crippen LogP contribution >= 0.6 is 22.6 Å². The first-order valence-corrected chi connectivity index (χ1v) is 6.72. The average molecular weight is 383 g/mol. The first-order chi connectivity index (χ1) is 9.55. The van der Waals surface area contributed by atoms with Gasteiger partial charge >= 0.3 is 0 Å². The second-order valence-electron chi connectivity index (χ2n) is 4.01. The maximum absolute atomic E-state index is 13.6. The molecule has 6 heteroatoms. The number of ether oxygens (including phenoxy) is 1. The lowest BCUT2D eigenvalue weighted by Gasteiger charge is -2.13. The van der Waals surface area contributed by atoms with E-state index in [1.54, 1.807) is 24.3 Å². The zero-order chi connectivity index (χ0) is 14.7. The number of rotatable bonds is 3. The molecular formula is C14H11FIN3O. The molecule has 4 nitrogen and oxygen atoms in total. The maximum atomic E-state index is 13.6. The summed E-state index contributed by atoms with van der Waals surface area (Å²) in [6.45, 7) is 0. The number of hydrogen-bond acceptors (Lipinski definition) is 4. The van der Waals surface area contributed by atoms with Crippen LogP contribution in [-0.2, 0) is 0 Å². The van der Waals surface area contributed by atoms with E-state index in [0.717, 1.165) is 0 Å². The fraction of sp³-hybridized carbons (Fsp3) is 0.0714. The molecule has 0 aliphatic heterocycles. The van der Waals surface area contributed by atoms with Crippen molar-refractivity contribution in [3.63, 3.8) is 0 Å². The van der Waals surface area contributed by atoms with Crippen molar-refractivity contribution in [1.82, 2.24) is 0 Å². The average Bonchev–Trinajstić information content (AvgIpc) is 2.45. The van der Waals surface area contributed by atoms with E-state index in [-0.39, 0.29) is 5.82 Å². The van der Waals surface area contributed by atoms with Gasteiger partial charge in [0.2, 0.25) is 0 Å². The normalized spacial score (nSPS) is 9.90. The van der Waals surface area contributed by atoms with Crippen LogP contribution in [-0.4, -0.2) is 7.11 Å². The third kappa shape index (κ3) is 2.93. The fourth-order valence-corrected chi connectivity index (χ4v) is 2.17. The van der Waals surface area contributed by atoms with Crippen molar-refractivity contribution in [3.8, 4) is 11.8 Å². The van der Waals surface area contributed by atoms with Crippen molar-refractivity contribution in [3.05, 3.63) is 45.3 Å². The lowest BCUT2D eigenvalue weighted by molar-refractivity contribution is 0.416. The molecule has 2 aromatic rings. The van der Waals surface area contributed by atoms with Crippen molar-refractivity contribution >= 4 is 39.7 Å². The molecule has 102 valence electrons. The third-order valence-electron chi connectivity index (χ3n) is 2.69. The summed E-state index contributed by atoms with van der Waals surface area (Å²) in [5, 5.41) is 11.9. The summed E-state index contributed by atoms with van der Waals surface area (Å²) in [6.07, 6.45) is 0. The molecule has 0 saturated heterocycles. The Morgan fingerprint density at radius 1 is 1.30 bits per heavy atom. The number of nitrogens with zero attached hydrogens (tertiary/aromatic N) is 1. The topological polar surface area (TPSA) is 71.1 Å². The number of nitrogens with two attached hydrogens (primary N) is 1. The molecule has 2 rings (SSSR count). The number of nitrogen functional groups attached to an aromatic ring is 1. The van der Waals surface area contributed by atoms with E-state index in [2.05, 4.69) is 5.32 Å². The van der Waals surface area contributed by atoms with Gasteiger partial charge in [-0.15, -0.1) is 0 Å². The third-order valence-corrected chi connectivity index (χ3v) is 3.52. The smallest absolute Gasteiger partial charge is 0.143 e. The standard InChI is InChI=1S/C14H11FIN3O/c1-20-14-4-8(7-17)2-3-12(14)19-13-5-9(15)10(16)6-11(13)18/h2-6,19H,18H2,1H3. The minimum absolute atomic E-state index is 0.352. The van der Waals surface area contributed by atoms with Gasteiger partial charge in [-0.25, -0.2) is 4.39 Å². The fourth-order valence-electron chi connectivity index (χ4n) is 1.68. The number of anilines is 3. The Hall–Kier alpha value is -2.01. The molecule has 3 N–H and O–H groups in total. The van der Waals surface area contributed by atoms with Crippen LogP contribution in [0.5, 0.6) is 5.75 Å². The minimum Gasteiger partial charge on any atom is -0.495 e. The zero-order valence-corrected chi connectivity index (χ0v) is 12.7. The van der Waals surface area contributed by atoms with E-state index < -0.39 is 0 Å². The highest BCUT2D eigenvalue weighted by molar-refractivity contribution is 14.1. The molecule has 0 amide bonds. The second kappa shape index (κ2) is 5.96. The molecule has 0 spiro atoms. The van der Waals surface area contributed by atoms with Gasteiger partial charge in [-0.2, -0.15) is 5.26 Å². The van der Waals surface area contributed by atoms with Crippen LogP contribution in [0.3, 0.4) is 0 Å². The molecule has 2 aromatic carbocycles. The summed E-state index contributed by atoms with van der Waals surface area (Å²) in [6, 6.07) is 9.83. The highest BCUT2D eigenvalue weighted by Crippen LogP contribution is 2.32. The summed E-state index contributed by atoms with van der Waals surface area (Å²) in [5.74, 6) is 0.136. The van der Waals surface area contributed by atoms with Crippen LogP contribution in [0.15, 0.2) is 30.3 Å². The molecule has 0 fully saturated rings. The Kier molecular flexibility index (Phi) is 4.29. The Balaban J connectivity index is 2.40. The molecule has 0 atom stereocenters. The molecule has 0 unspecified atom stereocenters. The Morgan fingerprint density at radius 2 is 2.05 bits per heavy atom. The first kappa shape index (κ1) is 14.4. The largest absolute Gasteiger partial charge is 0.495 e. The number of benzene rings is 2. The zero-order valence-electron chi connectivity index (χ0n) is 10.6.